The summed E-state index contributed by atoms with van der Waals surface area (Å²) in [5.74, 6) is -0.226. The second-order valence-electron chi connectivity index (χ2n) is 4.04. The van der Waals surface area contributed by atoms with Crippen molar-refractivity contribution in [1.29, 1.82) is 0 Å². The van der Waals surface area contributed by atoms with Crippen molar-refractivity contribution in [3.05, 3.63) is 30.3 Å². The summed E-state index contributed by atoms with van der Waals surface area (Å²) in [6.45, 7) is 4.25. The van der Waals surface area contributed by atoms with Crippen LogP contribution in [0.15, 0.2) is 30.3 Å². The first-order chi connectivity index (χ1) is 8.11. The van der Waals surface area contributed by atoms with E-state index in [1.54, 1.807) is 0 Å². The number of hydrogen-bond donors (Lipinski definition) is 1. The highest BCUT2D eigenvalue weighted by Gasteiger charge is 2.21. The Morgan fingerprint density at radius 1 is 1.24 bits per heavy atom. The highest BCUT2D eigenvalue weighted by atomic mass is 16.5. The van der Waals surface area contributed by atoms with Crippen LogP contribution in [-0.2, 0) is 9.53 Å². The van der Waals surface area contributed by atoms with E-state index in [0.29, 0.717) is 6.61 Å². The highest BCUT2D eigenvalue weighted by molar-refractivity contribution is 5.72. The molecule has 4 heteroatoms. The molecule has 94 valence electrons. The average Bonchev–Trinajstić information content (AvgIpc) is 2.29. The molecule has 4 nitrogen and oxygen atoms in total. The zero-order chi connectivity index (χ0) is 12.7. The molecule has 0 radical (unpaired) electrons. The minimum absolute atomic E-state index is 0.0516. The van der Waals surface area contributed by atoms with E-state index in [1.807, 2.05) is 44.2 Å². The maximum Gasteiger partial charge on any atom is 0.333 e. The Balaban J connectivity index is 2.26. The molecule has 17 heavy (non-hydrogen) atoms. The lowest BCUT2D eigenvalue weighted by Crippen LogP contribution is -2.30. The molecule has 0 heterocycles. The first-order valence-electron chi connectivity index (χ1n) is 5.63. The van der Waals surface area contributed by atoms with Gasteiger partial charge in [-0.1, -0.05) is 32.0 Å². The van der Waals surface area contributed by atoms with Crippen LogP contribution in [0.4, 0.5) is 0 Å². The van der Waals surface area contributed by atoms with E-state index in [-0.39, 0.29) is 12.5 Å². The standard InChI is InChI=1S/C13H18O4/c1-10(2)12(13(14)15)17-9-8-16-11-6-4-3-5-7-11/h3-7,10,12H,8-9H2,1-2H3,(H,14,15). The van der Waals surface area contributed by atoms with Crippen molar-refractivity contribution >= 4 is 5.97 Å². The minimum atomic E-state index is -0.931. The van der Waals surface area contributed by atoms with E-state index in [2.05, 4.69) is 0 Å². The van der Waals surface area contributed by atoms with Crippen molar-refractivity contribution in [2.75, 3.05) is 13.2 Å². The Bertz CT molecular complexity index is 335. The predicted octanol–water partition coefficient (Wildman–Crippen LogP) is 2.19. The first-order valence-corrected chi connectivity index (χ1v) is 5.63. The van der Waals surface area contributed by atoms with E-state index in [1.165, 1.54) is 0 Å². The number of carbonyl (C=O) groups is 1. The van der Waals surface area contributed by atoms with E-state index < -0.39 is 12.1 Å². The van der Waals surface area contributed by atoms with Gasteiger partial charge in [0.15, 0.2) is 6.10 Å². The van der Waals surface area contributed by atoms with Crippen LogP contribution in [0.5, 0.6) is 5.75 Å². The van der Waals surface area contributed by atoms with Gasteiger partial charge in [0.05, 0.1) is 6.61 Å². The number of carboxylic acid groups (broad SMARTS) is 1. The monoisotopic (exact) mass is 238 g/mol. The molecule has 0 aromatic heterocycles. The molecule has 1 unspecified atom stereocenters. The van der Waals surface area contributed by atoms with Gasteiger partial charge in [0.2, 0.25) is 0 Å². The molecular formula is C13H18O4. The normalized spacial score (nSPS) is 12.4. The molecule has 0 fully saturated rings. The maximum absolute atomic E-state index is 10.8. The van der Waals surface area contributed by atoms with Gasteiger partial charge >= 0.3 is 5.97 Å². The minimum Gasteiger partial charge on any atom is -0.491 e. The smallest absolute Gasteiger partial charge is 0.333 e. The van der Waals surface area contributed by atoms with Crippen molar-refractivity contribution in [2.45, 2.75) is 20.0 Å². The SMILES string of the molecule is CC(C)C(OCCOc1ccccc1)C(=O)O. The van der Waals surface area contributed by atoms with Crippen LogP contribution >= 0.6 is 0 Å². The third-order valence-electron chi connectivity index (χ3n) is 2.24. The zero-order valence-corrected chi connectivity index (χ0v) is 10.1. The van der Waals surface area contributed by atoms with E-state index >= 15 is 0 Å². The summed E-state index contributed by atoms with van der Waals surface area (Å²) in [5.41, 5.74) is 0. The zero-order valence-electron chi connectivity index (χ0n) is 10.1. The van der Waals surface area contributed by atoms with Gasteiger partial charge in [0.1, 0.15) is 12.4 Å². The van der Waals surface area contributed by atoms with Crippen LogP contribution in [0, 0.1) is 5.92 Å². The molecule has 0 spiro atoms. The lowest BCUT2D eigenvalue weighted by Gasteiger charge is -2.17. The highest BCUT2D eigenvalue weighted by Crippen LogP contribution is 2.09. The molecule has 0 aliphatic rings. The van der Waals surface area contributed by atoms with Gasteiger partial charge in [-0.15, -0.1) is 0 Å². The summed E-state index contributed by atoms with van der Waals surface area (Å²) >= 11 is 0. The lowest BCUT2D eigenvalue weighted by molar-refractivity contribution is -0.153. The molecule has 1 aromatic carbocycles. The quantitative estimate of drug-likeness (QED) is 0.740. The molecule has 1 atom stereocenters. The fourth-order valence-electron chi connectivity index (χ4n) is 1.40. The number of ether oxygens (including phenoxy) is 2. The summed E-state index contributed by atoms with van der Waals surface area (Å²) in [6.07, 6.45) is -0.769. The topological polar surface area (TPSA) is 55.8 Å². The average molecular weight is 238 g/mol. The maximum atomic E-state index is 10.8. The van der Waals surface area contributed by atoms with Gasteiger partial charge in [0.25, 0.3) is 0 Å². The van der Waals surface area contributed by atoms with Gasteiger partial charge < -0.3 is 14.6 Å². The van der Waals surface area contributed by atoms with Crippen LogP contribution in [0.3, 0.4) is 0 Å². The Morgan fingerprint density at radius 2 is 1.88 bits per heavy atom. The van der Waals surface area contributed by atoms with Gasteiger partial charge in [-0.05, 0) is 18.1 Å². The molecule has 0 amide bonds. The summed E-state index contributed by atoms with van der Waals surface area (Å²) in [4.78, 5) is 10.8. The predicted molar refractivity (Wildman–Crippen MR) is 64.2 cm³/mol. The third-order valence-corrected chi connectivity index (χ3v) is 2.24. The molecule has 1 N–H and O–H groups in total. The van der Waals surface area contributed by atoms with Gasteiger partial charge in [-0.25, -0.2) is 4.79 Å². The van der Waals surface area contributed by atoms with Crippen molar-refractivity contribution in [2.24, 2.45) is 5.92 Å². The number of carboxylic acids is 1. The molecule has 0 saturated heterocycles. The fourth-order valence-corrected chi connectivity index (χ4v) is 1.40. The second-order valence-corrected chi connectivity index (χ2v) is 4.04. The van der Waals surface area contributed by atoms with Crippen molar-refractivity contribution in [3.8, 4) is 5.75 Å². The molecule has 1 rings (SSSR count). The van der Waals surface area contributed by atoms with Crippen molar-refractivity contribution in [3.63, 3.8) is 0 Å². The Hall–Kier alpha value is -1.55. The summed E-state index contributed by atoms with van der Waals surface area (Å²) in [5, 5.41) is 8.89. The van der Waals surface area contributed by atoms with Crippen molar-refractivity contribution in [1.82, 2.24) is 0 Å². The van der Waals surface area contributed by atoms with E-state index in [0.717, 1.165) is 5.75 Å². The molecule has 1 aromatic rings. The number of para-hydroxylation sites is 1. The third kappa shape index (κ3) is 4.87. The summed E-state index contributed by atoms with van der Waals surface area (Å²) < 4.78 is 10.7. The number of benzene rings is 1. The van der Waals surface area contributed by atoms with Crippen LogP contribution in [-0.4, -0.2) is 30.4 Å². The molecular weight excluding hydrogens is 220 g/mol. The second kappa shape index (κ2) is 6.91. The Morgan fingerprint density at radius 3 is 2.41 bits per heavy atom. The molecule has 0 aliphatic heterocycles. The summed E-state index contributed by atoms with van der Waals surface area (Å²) in [7, 11) is 0. The largest absolute Gasteiger partial charge is 0.491 e. The molecule has 0 aliphatic carbocycles. The molecule has 0 bridgehead atoms. The van der Waals surface area contributed by atoms with E-state index in [4.69, 9.17) is 14.6 Å². The van der Waals surface area contributed by atoms with Crippen LogP contribution < -0.4 is 4.74 Å². The van der Waals surface area contributed by atoms with Gasteiger partial charge in [-0.2, -0.15) is 0 Å². The van der Waals surface area contributed by atoms with Gasteiger partial charge in [0, 0.05) is 0 Å². The molecule has 0 saturated carbocycles. The van der Waals surface area contributed by atoms with Crippen LogP contribution in [0.2, 0.25) is 0 Å². The number of hydrogen-bond acceptors (Lipinski definition) is 3. The van der Waals surface area contributed by atoms with Crippen LogP contribution in [0.25, 0.3) is 0 Å². The van der Waals surface area contributed by atoms with Gasteiger partial charge in [-0.3, -0.25) is 0 Å². The Labute approximate surface area is 101 Å². The fraction of sp³-hybridized carbons (Fsp3) is 0.462. The van der Waals surface area contributed by atoms with Crippen molar-refractivity contribution < 1.29 is 19.4 Å². The number of rotatable bonds is 7. The Kier molecular flexibility index (Phi) is 5.49. The van der Waals surface area contributed by atoms with Crippen LogP contribution in [0.1, 0.15) is 13.8 Å². The lowest BCUT2D eigenvalue weighted by atomic mass is 10.1. The summed E-state index contributed by atoms with van der Waals surface area (Å²) in [6, 6.07) is 9.35. The number of aliphatic carboxylic acids is 1. The van der Waals surface area contributed by atoms with E-state index in [9.17, 15) is 4.79 Å². The first kappa shape index (κ1) is 13.5.